The number of aromatic nitrogens is 2. The molecule has 0 saturated heterocycles. The van der Waals surface area contributed by atoms with Gasteiger partial charge in [-0.25, -0.2) is 9.97 Å². The summed E-state index contributed by atoms with van der Waals surface area (Å²) in [4.78, 5) is 10.1. The SMILES string of the molecule is CCCc1c(Cl)nc(N(C)C)nc1Cl. The van der Waals surface area contributed by atoms with Crippen molar-refractivity contribution < 1.29 is 0 Å². The number of anilines is 1. The zero-order chi connectivity index (χ0) is 10.7. The highest BCUT2D eigenvalue weighted by molar-refractivity contribution is 6.34. The summed E-state index contributed by atoms with van der Waals surface area (Å²) >= 11 is 12.0. The molecule has 78 valence electrons. The Morgan fingerprint density at radius 1 is 1.14 bits per heavy atom. The molecule has 0 aliphatic heterocycles. The zero-order valence-corrected chi connectivity index (χ0v) is 10.0. The van der Waals surface area contributed by atoms with Crippen molar-refractivity contribution in [2.24, 2.45) is 0 Å². The number of hydrogen-bond acceptors (Lipinski definition) is 3. The molecule has 1 aromatic rings. The summed E-state index contributed by atoms with van der Waals surface area (Å²) < 4.78 is 0. The number of rotatable bonds is 3. The van der Waals surface area contributed by atoms with Gasteiger partial charge in [0, 0.05) is 19.7 Å². The van der Waals surface area contributed by atoms with Gasteiger partial charge in [-0.2, -0.15) is 0 Å². The Balaban J connectivity index is 3.11. The molecule has 0 aliphatic rings. The monoisotopic (exact) mass is 233 g/mol. The minimum atomic E-state index is 0.454. The van der Waals surface area contributed by atoms with Crippen LogP contribution in [0.25, 0.3) is 0 Å². The van der Waals surface area contributed by atoms with Gasteiger partial charge < -0.3 is 4.90 Å². The van der Waals surface area contributed by atoms with E-state index in [1.165, 1.54) is 0 Å². The second-order valence-electron chi connectivity index (χ2n) is 3.23. The molecule has 0 bridgehead atoms. The molecule has 1 heterocycles. The van der Waals surface area contributed by atoms with E-state index in [2.05, 4.69) is 16.9 Å². The second kappa shape index (κ2) is 4.80. The molecule has 1 aromatic heterocycles. The molecule has 0 unspecified atom stereocenters. The van der Waals surface area contributed by atoms with Crippen LogP contribution < -0.4 is 4.90 Å². The van der Waals surface area contributed by atoms with Crippen LogP contribution in [-0.4, -0.2) is 24.1 Å². The van der Waals surface area contributed by atoms with Crippen LogP contribution in [0, 0.1) is 0 Å². The molecular weight excluding hydrogens is 221 g/mol. The minimum Gasteiger partial charge on any atom is -0.347 e. The Labute approximate surface area is 94.1 Å². The van der Waals surface area contributed by atoms with Crippen molar-refractivity contribution in [2.45, 2.75) is 19.8 Å². The maximum atomic E-state index is 6.00. The maximum Gasteiger partial charge on any atom is 0.227 e. The predicted molar refractivity (Wildman–Crippen MR) is 60.4 cm³/mol. The molecule has 0 aromatic carbocycles. The summed E-state index contributed by atoms with van der Waals surface area (Å²) in [6, 6.07) is 0. The molecule has 14 heavy (non-hydrogen) atoms. The van der Waals surface area contributed by atoms with Crippen molar-refractivity contribution in [2.75, 3.05) is 19.0 Å². The number of halogens is 2. The fourth-order valence-electron chi connectivity index (χ4n) is 1.08. The van der Waals surface area contributed by atoms with E-state index in [4.69, 9.17) is 23.2 Å². The minimum absolute atomic E-state index is 0.454. The van der Waals surface area contributed by atoms with E-state index < -0.39 is 0 Å². The van der Waals surface area contributed by atoms with Crippen molar-refractivity contribution in [1.29, 1.82) is 0 Å². The lowest BCUT2D eigenvalue weighted by Crippen LogP contribution is -2.13. The molecule has 3 nitrogen and oxygen atoms in total. The molecule has 1 rings (SSSR count). The van der Waals surface area contributed by atoms with Crippen LogP contribution in [0.2, 0.25) is 10.3 Å². The molecule has 0 radical (unpaired) electrons. The van der Waals surface area contributed by atoms with Gasteiger partial charge in [0.1, 0.15) is 10.3 Å². The molecule has 0 amide bonds. The quantitative estimate of drug-likeness (QED) is 0.753. The lowest BCUT2D eigenvalue weighted by atomic mass is 10.2. The predicted octanol–water partition coefficient (Wildman–Crippen LogP) is 2.80. The fourth-order valence-corrected chi connectivity index (χ4v) is 1.64. The third kappa shape index (κ3) is 2.49. The average molecular weight is 234 g/mol. The molecule has 0 atom stereocenters. The highest BCUT2D eigenvalue weighted by atomic mass is 35.5. The molecule has 0 N–H and O–H groups in total. The standard InChI is InChI=1S/C9H13Cl2N3/c1-4-5-6-7(10)12-9(14(2)3)13-8(6)11/h4-5H2,1-3H3. The summed E-state index contributed by atoms with van der Waals surface area (Å²) in [6.07, 6.45) is 1.79. The van der Waals surface area contributed by atoms with Gasteiger partial charge in [0.2, 0.25) is 5.95 Å². The van der Waals surface area contributed by atoms with Gasteiger partial charge in [0.05, 0.1) is 0 Å². The van der Waals surface area contributed by atoms with Crippen LogP contribution in [0.5, 0.6) is 0 Å². The van der Waals surface area contributed by atoms with E-state index in [0.29, 0.717) is 16.3 Å². The molecule has 0 fully saturated rings. The van der Waals surface area contributed by atoms with Crippen LogP contribution in [-0.2, 0) is 6.42 Å². The van der Waals surface area contributed by atoms with Gasteiger partial charge in [-0.1, -0.05) is 36.5 Å². The smallest absolute Gasteiger partial charge is 0.227 e. The van der Waals surface area contributed by atoms with Gasteiger partial charge in [0.25, 0.3) is 0 Å². The van der Waals surface area contributed by atoms with Crippen molar-refractivity contribution in [3.05, 3.63) is 15.9 Å². The van der Waals surface area contributed by atoms with Gasteiger partial charge >= 0.3 is 0 Å². The lowest BCUT2D eigenvalue weighted by Gasteiger charge is -2.12. The Kier molecular flexibility index (Phi) is 3.96. The van der Waals surface area contributed by atoms with Crippen LogP contribution in [0.4, 0.5) is 5.95 Å². The van der Waals surface area contributed by atoms with Crippen molar-refractivity contribution >= 4 is 29.2 Å². The van der Waals surface area contributed by atoms with Crippen molar-refractivity contribution in [3.63, 3.8) is 0 Å². The Morgan fingerprint density at radius 3 is 2.00 bits per heavy atom. The Bertz CT molecular complexity index is 303. The number of nitrogens with zero attached hydrogens (tertiary/aromatic N) is 3. The van der Waals surface area contributed by atoms with E-state index >= 15 is 0 Å². The molecule has 0 saturated carbocycles. The van der Waals surface area contributed by atoms with E-state index in [-0.39, 0.29) is 0 Å². The number of hydrogen-bond donors (Lipinski definition) is 0. The summed E-state index contributed by atoms with van der Waals surface area (Å²) in [5, 5.41) is 0.908. The van der Waals surface area contributed by atoms with Crippen LogP contribution >= 0.6 is 23.2 Å². The highest BCUT2D eigenvalue weighted by Crippen LogP contribution is 2.24. The normalized spacial score (nSPS) is 10.4. The van der Waals surface area contributed by atoms with Crippen LogP contribution in [0.1, 0.15) is 18.9 Å². The third-order valence-corrected chi connectivity index (χ3v) is 2.42. The van der Waals surface area contributed by atoms with E-state index in [0.717, 1.165) is 18.4 Å². The summed E-state index contributed by atoms with van der Waals surface area (Å²) in [7, 11) is 3.70. The zero-order valence-electron chi connectivity index (χ0n) is 8.51. The first-order valence-electron chi connectivity index (χ1n) is 4.45. The molecular formula is C9H13Cl2N3. The maximum absolute atomic E-state index is 6.00. The second-order valence-corrected chi connectivity index (χ2v) is 3.94. The topological polar surface area (TPSA) is 29.0 Å². The first kappa shape index (κ1) is 11.5. The lowest BCUT2D eigenvalue weighted by molar-refractivity contribution is 0.891. The summed E-state index contributed by atoms with van der Waals surface area (Å²) in [5.41, 5.74) is 0.835. The van der Waals surface area contributed by atoms with E-state index in [1.54, 1.807) is 4.90 Å². The van der Waals surface area contributed by atoms with Gasteiger partial charge in [-0.15, -0.1) is 0 Å². The van der Waals surface area contributed by atoms with Gasteiger partial charge in [-0.05, 0) is 6.42 Å². The summed E-state index contributed by atoms with van der Waals surface area (Å²) in [5.74, 6) is 0.542. The Morgan fingerprint density at radius 2 is 1.64 bits per heavy atom. The fraction of sp³-hybridized carbons (Fsp3) is 0.556. The molecule has 5 heteroatoms. The van der Waals surface area contributed by atoms with Crippen molar-refractivity contribution in [3.8, 4) is 0 Å². The van der Waals surface area contributed by atoms with E-state index in [9.17, 15) is 0 Å². The molecule has 0 spiro atoms. The largest absolute Gasteiger partial charge is 0.347 e. The van der Waals surface area contributed by atoms with Crippen molar-refractivity contribution in [1.82, 2.24) is 9.97 Å². The first-order chi connectivity index (χ1) is 6.56. The summed E-state index contributed by atoms with van der Waals surface area (Å²) in [6.45, 7) is 2.06. The van der Waals surface area contributed by atoms with Crippen LogP contribution in [0.15, 0.2) is 0 Å². The highest BCUT2D eigenvalue weighted by Gasteiger charge is 2.11. The first-order valence-corrected chi connectivity index (χ1v) is 5.21. The average Bonchev–Trinajstić information content (AvgIpc) is 2.10. The van der Waals surface area contributed by atoms with Gasteiger partial charge in [0.15, 0.2) is 0 Å². The Hall–Kier alpha value is -0.540. The van der Waals surface area contributed by atoms with Crippen LogP contribution in [0.3, 0.4) is 0 Å². The van der Waals surface area contributed by atoms with E-state index in [1.807, 2.05) is 14.1 Å². The van der Waals surface area contributed by atoms with Gasteiger partial charge in [-0.3, -0.25) is 0 Å². The molecule has 0 aliphatic carbocycles. The third-order valence-electron chi connectivity index (χ3n) is 1.79.